The average Bonchev–Trinajstić information content (AvgIpc) is 3.69. The molecule has 1 saturated heterocycles. The number of sulfonamides is 1. The molecule has 0 amide bonds. The van der Waals surface area contributed by atoms with Crippen LogP contribution in [-0.4, -0.2) is 68.8 Å². The average molecular weight is 573 g/mol. The molecule has 0 unspecified atom stereocenters. The smallest absolute Gasteiger partial charge is 0.390 e. The number of β-amino-alcohol motifs (C(OH)–C–C–N with tert-alkyl or cyclic N) is 1. The van der Waals surface area contributed by atoms with Crippen LogP contribution in [0.4, 0.5) is 19.0 Å². The Labute approximate surface area is 228 Å². The number of aryl methyl sites for hydroxylation is 1. The fraction of sp³-hybridized carbons (Fsp3) is 0.370. The van der Waals surface area contributed by atoms with Gasteiger partial charge in [-0.1, -0.05) is 18.2 Å². The Balaban J connectivity index is 1.11. The molecule has 4 aromatic rings. The van der Waals surface area contributed by atoms with E-state index in [1.165, 1.54) is 22.6 Å². The molecule has 4 heterocycles. The Morgan fingerprint density at radius 2 is 1.75 bits per heavy atom. The Kier molecular flexibility index (Phi) is 6.35. The van der Waals surface area contributed by atoms with E-state index >= 15 is 0 Å². The first kappa shape index (κ1) is 26.7. The van der Waals surface area contributed by atoms with E-state index in [0.29, 0.717) is 12.2 Å². The summed E-state index contributed by atoms with van der Waals surface area (Å²) in [6.45, 7) is 1.89. The number of pyridine rings is 2. The summed E-state index contributed by atoms with van der Waals surface area (Å²) in [5.74, 6) is 1.07. The van der Waals surface area contributed by atoms with Gasteiger partial charge < -0.3 is 10.4 Å². The van der Waals surface area contributed by atoms with E-state index in [9.17, 15) is 26.7 Å². The molecule has 0 spiro atoms. The van der Waals surface area contributed by atoms with Crippen molar-refractivity contribution in [2.45, 2.75) is 54.8 Å². The summed E-state index contributed by atoms with van der Waals surface area (Å²) >= 11 is 0. The van der Waals surface area contributed by atoms with Gasteiger partial charge in [-0.25, -0.2) is 13.4 Å². The van der Waals surface area contributed by atoms with Crippen LogP contribution in [0.2, 0.25) is 0 Å². The van der Waals surface area contributed by atoms with Gasteiger partial charge in [0.05, 0.1) is 22.5 Å². The molecular weight excluding hydrogens is 545 g/mol. The molecule has 1 saturated carbocycles. The van der Waals surface area contributed by atoms with Crippen LogP contribution in [0.25, 0.3) is 16.8 Å². The Morgan fingerprint density at radius 1 is 1.02 bits per heavy atom. The van der Waals surface area contributed by atoms with Crippen molar-refractivity contribution in [3.63, 3.8) is 0 Å². The standard InChI is InChI=1S/C27H27F3N6O3S/c1-17-33-34-25-9-4-19(15-36(17)25)18-2-6-21(7-3-18)40(38,39)35-13-10-22(23(37)16-35)32-24-8-5-20(14-31-24)26(11-12-26)27(28,29)30/h2-9,14-15,22-23,37H,10-13,16H2,1H3,(H,31,32)/t22-,23+/m1/s1. The number of aliphatic hydroxyl groups is 1. The van der Waals surface area contributed by atoms with Crippen molar-refractivity contribution in [1.82, 2.24) is 23.9 Å². The first-order chi connectivity index (χ1) is 19.0. The van der Waals surface area contributed by atoms with Gasteiger partial charge in [0, 0.05) is 25.5 Å². The number of fused-ring (bicyclic) bond motifs is 1. The topological polar surface area (TPSA) is 113 Å². The van der Waals surface area contributed by atoms with Crippen LogP contribution in [0.5, 0.6) is 0 Å². The normalized spacial score (nSPS) is 21.4. The van der Waals surface area contributed by atoms with Crippen molar-refractivity contribution < 1.29 is 26.7 Å². The largest absolute Gasteiger partial charge is 0.398 e. The van der Waals surface area contributed by atoms with Crippen LogP contribution < -0.4 is 5.32 Å². The van der Waals surface area contributed by atoms with Gasteiger partial charge in [-0.2, -0.15) is 17.5 Å². The molecule has 0 radical (unpaired) electrons. The highest BCUT2D eigenvalue weighted by Crippen LogP contribution is 2.58. The van der Waals surface area contributed by atoms with Gasteiger partial charge in [-0.3, -0.25) is 4.40 Å². The van der Waals surface area contributed by atoms with Crippen LogP contribution in [0, 0.1) is 6.92 Å². The maximum Gasteiger partial charge on any atom is 0.398 e. The Hall–Kier alpha value is -3.55. The molecule has 0 bridgehead atoms. The first-order valence-electron chi connectivity index (χ1n) is 12.9. The summed E-state index contributed by atoms with van der Waals surface area (Å²) in [7, 11) is -3.85. The SMILES string of the molecule is Cc1nnc2ccc(-c3ccc(S(=O)(=O)N4CC[C@@H](Nc5ccc(C6(C(F)(F)F)CC6)cn5)[C@@H](O)C4)cc3)cn12. The minimum atomic E-state index is -4.32. The quantitative estimate of drug-likeness (QED) is 0.360. The monoisotopic (exact) mass is 572 g/mol. The fourth-order valence-corrected chi connectivity index (χ4v) is 6.72. The lowest BCUT2D eigenvalue weighted by atomic mass is 9.97. The molecule has 1 aromatic carbocycles. The summed E-state index contributed by atoms with van der Waals surface area (Å²) in [4.78, 5) is 4.25. The van der Waals surface area contributed by atoms with E-state index in [-0.39, 0.29) is 36.4 Å². The lowest BCUT2D eigenvalue weighted by molar-refractivity contribution is -0.160. The molecule has 40 heavy (non-hydrogen) atoms. The van der Waals surface area contributed by atoms with Crippen molar-refractivity contribution in [2.75, 3.05) is 18.4 Å². The molecule has 13 heteroatoms. The van der Waals surface area contributed by atoms with E-state index < -0.39 is 33.8 Å². The Bertz CT molecular complexity index is 1650. The summed E-state index contributed by atoms with van der Waals surface area (Å²) in [5.41, 5.74) is 0.762. The molecule has 2 atom stereocenters. The van der Waals surface area contributed by atoms with Crippen LogP contribution in [-0.2, 0) is 15.4 Å². The van der Waals surface area contributed by atoms with Crippen molar-refractivity contribution in [2.24, 2.45) is 0 Å². The summed E-state index contributed by atoms with van der Waals surface area (Å²) in [5, 5.41) is 21.9. The number of halogens is 3. The highest BCUT2D eigenvalue weighted by atomic mass is 32.2. The molecule has 1 aliphatic carbocycles. The zero-order valence-electron chi connectivity index (χ0n) is 21.5. The molecule has 1 aliphatic heterocycles. The van der Waals surface area contributed by atoms with E-state index in [1.54, 1.807) is 24.3 Å². The van der Waals surface area contributed by atoms with Crippen LogP contribution >= 0.6 is 0 Å². The van der Waals surface area contributed by atoms with Gasteiger partial charge in [-0.15, -0.1) is 10.2 Å². The third-order valence-corrected chi connectivity index (χ3v) is 9.76. The van der Waals surface area contributed by atoms with E-state index in [2.05, 4.69) is 20.5 Å². The van der Waals surface area contributed by atoms with Gasteiger partial charge in [-0.05, 0) is 73.2 Å². The fourth-order valence-electron chi connectivity index (χ4n) is 5.25. The van der Waals surface area contributed by atoms with Gasteiger partial charge in [0.25, 0.3) is 0 Å². The summed E-state index contributed by atoms with van der Waals surface area (Å²) in [6, 6.07) is 12.7. The number of hydrogen-bond donors (Lipinski definition) is 2. The van der Waals surface area contributed by atoms with Gasteiger partial charge in [0.2, 0.25) is 10.0 Å². The van der Waals surface area contributed by atoms with Crippen molar-refractivity contribution in [3.8, 4) is 11.1 Å². The molecular formula is C27H27F3N6O3S. The first-order valence-corrected chi connectivity index (χ1v) is 14.3. The van der Waals surface area contributed by atoms with Gasteiger partial charge in [0.15, 0.2) is 5.65 Å². The third-order valence-electron chi connectivity index (χ3n) is 7.88. The van der Waals surface area contributed by atoms with E-state index in [0.717, 1.165) is 22.6 Å². The zero-order chi connectivity index (χ0) is 28.3. The second kappa shape index (κ2) is 9.53. The van der Waals surface area contributed by atoms with Crippen molar-refractivity contribution >= 4 is 21.5 Å². The number of nitrogens with one attached hydrogen (secondary N) is 1. The van der Waals surface area contributed by atoms with E-state index in [1.807, 2.05) is 29.7 Å². The number of piperidine rings is 1. The molecule has 2 fully saturated rings. The Morgan fingerprint density at radius 3 is 2.38 bits per heavy atom. The molecule has 2 aliphatic rings. The number of hydrogen-bond acceptors (Lipinski definition) is 7. The second-order valence-corrected chi connectivity index (χ2v) is 12.3. The van der Waals surface area contributed by atoms with Crippen molar-refractivity contribution in [3.05, 3.63) is 72.3 Å². The number of aliphatic hydroxyl groups excluding tert-OH is 1. The summed E-state index contributed by atoms with van der Waals surface area (Å²) in [6.07, 6.45) is -1.82. The zero-order valence-corrected chi connectivity index (χ0v) is 22.3. The highest BCUT2D eigenvalue weighted by Gasteiger charge is 2.64. The lowest BCUT2D eigenvalue weighted by Gasteiger charge is -2.35. The minimum absolute atomic E-state index is 0.0536. The van der Waals surface area contributed by atoms with E-state index in [4.69, 9.17) is 0 Å². The second-order valence-electron chi connectivity index (χ2n) is 10.4. The lowest BCUT2D eigenvalue weighted by Crippen LogP contribution is -2.51. The maximum absolute atomic E-state index is 13.4. The van der Waals surface area contributed by atoms with Gasteiger partial charge >= 0.3 is 6.18 Å². The number of benzene rings is 1. The third kappa shape index (κ3) is 4.61. The van der Waals surface area contributed by atoms with Gasteiger partial charge in [0.1, 0.15) is 11.6 Å². The number of aromatic nitrogens is 4. The highest BCUT2D eigenvalue weighted by molar-refractivity contribution is 7.89. The van der Waals surface area contributed by atoms with Crippen molar-refractivity contribution in [1.29, 1.82) is 0 Å². The molecule has 210 valence electrons. The maximum atomic E-state index is 13.4. The predicted octanol–water partition coefficient (Wildman–Crippen LogP) is 3.93. The summed E-state index contributed by atoms with van der Waals surface area (Å²) < 4.78 is 69.9. The van der Waals surface area contributed by atoms with Crippen LogP contribution in [0.15, 0.2) is 65.8 Å². The minimum Gasteiger partial charge on any atom is -0.390 e. The molecule has 6 rings (SSSR count). The van der Waals surface area contributed by atoms with Crippen LogP contribution in [0.1, 0.15) is 30.7 Å². The molecule has 2 N–H and O–H groups in total. The predicted molar refractivity (Wildman–Crippen MR) is 141 cm³/mol. The molecule has 9 nitrogen and oxygen atoms in total. The number of alkyl halides is 3. The number of anilines is 1. The molecule has 3 aromatic heterocycles. The van der Waals surface area contributed by atoms with Crippen LogP contribution in [0.3, 0.4) is 0 Å². The number of nitrogens with zero attached hydrogens (tertiary/aromatic N) is 5. The number of rotatable bonds is 6.